The number of sulfonamides is 1. The minimum Gasteiger partial charge on any atom is -0.378 e. The van der Waals surface area contributed by atoms with Crippen LogP contribution in [0.2, 0.25) is 0 Å². The van der Waals surface area contributed by atoms with E-state index in [4.69, 9.17) is 0 Å². The predicted molar refractivity (Wildman–Crippen MR) is 97.6 cm³/mol. The van der Waals surface area contributed by atoms with Crippen molar-refractivity contribution in [3.8, 4) is 0 Å². The van der Waals surface area contributed by atoms with Gasteiger partial charge in [0, 0.05) is 38.3 Å². The monoisotopic (exact) mass is 385 g/mol. The Kier molecular flexibility index (Phi) is 6.75. The zero-order chi connectivity index (χ0) is 19.2. The average Bonchev–Trinajstić information content (AvgIpc) is 2.58. The molecule has 0 radical (unpaired) electrons. The van der Waals surface area contributed by atoms with E-state index in [-0.39, 0.29) is 17.8 Å². The van der Waals surface area contributed by atoms with E-state index in [2.05, 4.69) is 16.0 Å². The number of anilines is 1. The summed E-state index contributed by atoms with van der Waals surface area (Å²) in [6.45, 7) is 1.41. The molecule has 26 heavy (non-hydrogen) atoms. The molecule has 2 rings (SSSR count). The third kappa shape index (κ3) is 5.85. The molecular formula is C15H23N5O5S. The van der Waals surface area contributed by atoms with Crippen molar-refractivity contribution in [1.29, 1.82) is 0 Å². The second kappa shape index (κ2) is 8.81. The number of urea groups is 1. The summed E-state index contributed by atoms with van der Waals surface area (Å²) in [5, 5.41) is 19.3. The number of carbonyl (C=O) groups is 1. The van der Waals surface area contributed by atoms with Gasteiger partial charge in [0.1, 0.15) is 5.69 Å². The minimum atomic E-state index is -3.18. The highest BCUT2D eigenvalue weighted by molar-refractivity contribution is 7.88. The fraction of sp³-hybridized carbons (Fsp3) is 0.533. The molecule has 10 nitrogen and oxygen atoms in total. The van der Waals surface area contributed by atoms with Crippen molar-refractivity contribution in [2.75, 3.05) is 37.8 Å². The van der Waals surface area contributed by atoms with Crippen LogP contribution in [0.1, 0.15) is 12.8 Å². The lowest BCUT2D eigenvalue weighted by atomic mass is 10.1. The summed E-state index contributed by atoms with van der Waals surface area (Å²) in [6, 6.07) is 5.88. The topological polar surface area (TPSA) is 134 Å². The number of amides is 2. The zero-order valence-electron chi connectivity index (χ0n) is 14.5. The van der Waals surface area contributed by atoms with Gasteiger partial charge in [-0.15, -0.1) is 0 Å². The van der Waals surface area contributed by atoms with E-state index in [1.54, 1.807) is 18.2 Å². The van der Waals surface area contributed by atoms with Gasteiger partial charge in [-0.2, -0.15) is 0 Å². The van der Waals surface area contributed by atoms with E-state index < -0.39 is 14.9 Å². The quantitative estimate of drug-likeness (QED) is 0.360. The van der Waals surface area contributed by atoms with Crippen LogP contribution in [-0.2, 0) is 10.0 Å². The maximum atomic E-state index is 11.9. The van der Waals surface area contributed by atoms with Gasteiger partial charge in [0.05, 0.1) is 11.2 Å². The van der Waals surface area contributed by atoms with Crippen molar-refractivity contribution in [2.24, 2.45) is 0 Å². The molecule has 1 fully saturated rings. The van der Waals surface area contributed by atoms with Crippen molar-refractivity contribution in [3.05, 3.63) is 34.4 Å². The van der Waals surface area contributed by atoms with Crippen LogP contribution in [0.25, 0.3) is 0 Å². The number of rotatable bonds is 7. The number of piperidine rings is 1. The van der Waals surface area contributed by atoms with Gasteiger partial charge in [-0.25, -0.2) is 17.5 Å². The maximum absolute atomic E-state index is 11.9. The Labute approximate surface area is 152 Å². The van der Waals surface area contributed by atoms with E-state index in [9.17, 15) is 23.3 Å². The fourth-order valence-electron chi connectivity index (χ4n) is 2.72. The highest BCUT2D eigenvalue weighted by atomic mass is 32.2. The molecule has 3 N–H and O–H groups in total. The summed E-state index contributed by atoms with van der Waals surface area (Å²) >= 11 is 0. The average molecular weight is 385 g/mol. The molecule has 0 aromatic heterocycles. The largest absolute Gasteiger partial charge is 0.378 e. The molecule has 1 aromatic rings. The third-order valence-corrected chi connectivity index (χ3v) is 5.39. The summed E-state index contributed by atoms with van der Waals surface area (Å²) in [4.78, 5) is 22.3. The first-order valence-electron chi connectivity index (χ1n) is 8.24. The first-order valence-corrected chi connectivity index (χ1v) is 10.1. The molecule has 1 saturated heterocycles. The van der Waals surface area contributed by atoms with Gasteiger partial charge in [0.15, 0.2) is 0 Å². The van der Waals surface area contributed by atoms with Crippen molar-refractivity contribution >= 4 is 27.4 Å². The molecule has 0 atom stereocenters. The van der Waals surface area contributed by atoms with Crippen LogP contribution in [0.4, 0.5) is 16.2 Å². The fourth-order valence-corrected chi connectivity index (χ4v) is 3.60. The van der Waals surface area contributed by atoms with Gasteiger partial charge in [0.2, 0.25) is 10.0 Å². The highest BCUT2D eigenvalue weighted by Crippen LogP contribution is 2.22. The Morgan fingerprint density at radius 2 is 1.92 bits per heavy atom. The lowest BCUT2D eigenvalue weighted by Crippen LogP contribution is -2.49. The number of benzene rings is 1. The molecule has 11 heteroatoms. The first-order chi connectivity index (χ1) is 12.3. The molecule has 0 spiro atoms. The smallest absolute Gasteiger partial charge is 0.315 e. The van der Waals surface area contributed by atoms with E-state index >= 15 is 0 Å². The van der Waals surface area contributed by atoms with E-state index in [0.29, 0.717) is 44.7 Å². The summed E-state index contributed by atoms with van der Waals surface area (Å²) in [7, 11) is -3.18. The number of hydrogen-bond acceptors (Lipinski definition) is 6. The van der Waals surface area contributed by atoms with Crippen molar-refractivity contribution < 1.29 is 18.1 Å². The van der Waals surface area contributed by atoms with Gasteiger partial charge >= 0.3 is 6.03 Å². The van der Waals surface area contributed by atoms with Crippen LogP contribution in [0, 0.1) is 10.1 Å². The van der Waals surface area contributed by atoms with Crippen LogP contribution in [0.5, 0.6) is 0 Å². The molecule has 0 saturated carbocycles. The Balaban J connectivity index is 1.68. The molecule has 2 amide bonds. The van der Waals surface area contributed by atoms with Crippen molar-refractivity contribution in [1.82, 2.24) is 14.9 Å². The van der Waals surface area contributed by atoms with Gasteiger partial charge in [-0.05, 0) is 18.9 Å². The normalized spacial score (nSPS) is 16.0. The summed E-state index contributed by atoms with van der Waals surface area (Å²) in [6.07, 6.45) is 2.31. The highest BCUT2D eigenvalue weighted by Gasteiger charge is 2.25. The molecule has 0 bridgehead atoms. The summed E-state index contributed by atoms with van der Waals surface area (Å²) in [5.74, 6) is 0. The predicted octanol–water partition coefficient (Wildman–Crippen LogP) is 0.730. The molecule has 1 aromatic carbocycles. The molecule has 1 heterocycles. The number of nitrogens with zero attached hydrogens (tertiary/aromatic N) is 2. The Morgan fingerprint density at radius 3 is 2.54 bits per heavy atom. The molecule has 144 valence electrons. The molecule has 1 aliphatic heterocycles. The third-order valence-electron chi connectivity index (χ3n) is 4.08. The lowest BCUT2D eigenvalue weighted by molar-refractivity contribution is -0.384. The van der Waals surface area contributed by atoms with Crippen LogP contribution in [0.3, 0.4) is 0 Å². The van der Waals surface area contributed by atoms with E-state index in [1.165, 1.54) is 16.6 Å². The number of para-hydroxylation sites is 2. The van der Waals surface area contributed by atoms with E-state index in [0.717, 1.165) is 0 Å². The molecular weight excluding hydrogens is 362 g/mol. The second-order valence-corrected chi connectivity index (χ2v) is 8.02. The molecule has 0 aliphatic carbocycles. The van der Waals surface area contributed by atoms with Crippen molar-refractivity contribution in [3.63, 3.8) is 0 Å². The summed E-state index contributed by atoms with van der Waals surface area (Å²) in [5.41, 5.74) is 0.377. The number of carbonyl (C=O) groups excluding carboxylic acids is 1. The van der Waals surface area contributed by atoms with Gasteiger partial charge in [-0.1, -0.05) is 12.1 Å². The number of hydrogen-bond donors (Lipinski definition) is 3. The SMILES string of the molecule is CS(=O)(=O)N1CCC(NC(=O)NCCNc2ccccc2[N+](=O)[O-])CC1. The summed E-state index contributed by atoms with van der Waals surface area (Å²) < 4.78 is 24.3. The Morgan fingerprint density at radius 1 is 1.27 bits per heavy atom. The standard InChI is InChI=1S/C15H23N5O5S/c1-26(24,25)19-10-6-12(7-11-19)18-15(21)17-9-8-16-13-4-2-3-5-14(13)20(22)23/h2-5,12,16H,6-11H2,1H3,(H2,17,18,21). The Hall–Kier alpha value is -2.40. The maximum Gasteiger partial charge on any atom is 0.315 e. The van der Waals surface area contributed by atoms with Gasteiger partial charge < -0.3 is 16.0 Å². The Bertz CT molecular complexity index is 747. The zero-order valence-corrected chi connectivity index (χ0v) is 15.3. The molecule has 1 aliphatic rings. The molecule has 0 unspecified atom stereocenters. The number of nitro groups is 1. The van der Waals surface area contributed by atoms with Crippen LogP contribution < -0.4 is 16.0 Å². The van der Waals surface area contributed by atoms with Crippen molar-refractivity contribution in [2.45, 2.75) is 18.9 Å². The van der Waals surface area contributed by atoms with Crippen LogP contribution >= 0.6 is 0 Å². The minimum absolute atomic E-state index is 0.0189. The first kappa shape index (κ1) is 19.9. The number of nitrogens with one attached hydrogen (secondary N) is 3. The van der Waals surface area contributed by atoms with E-state index in [1.807, 2.05) is 0 Å². The van der Waals surface area contributed by atoms with Crippen LogP contribution in [0.15, 0.2) is 24.3 Å². The lowest BCUT2D eigenvalue weighted by Gasteiger charge is -2.30. The van der Waals surface area contributed by atoms with Gasteiger partial charge in [0.25, 0.3) is 5.69 Å². The van der Waals surface area contributed by atoms with Crippen LogP contribution in [-0.4, -0.2) is 62.2 Å². The number of nitro benzene ring substituents is 1. The second-order valence-electron chi connectivity index (χ2n) is 6.04. The van der Waals surface area contributed by atoms with Gasteiger partial charge in [-0.3, -0.25) is 10.1 Å².